The summed E-state index contributed by atoms with van der Waals surface area (Å²) in [4.78, 5) is 12.3. The number of aromatic nitrogens is 1. The highest BCUT2D eigenvalue weighted by molar-refractivity contribution is 5.17. The van der Waals surface area contributed by atoms with Gasteiger partial charge in [-0.15, -0.1) is 0 Å². The zero-order valence-corrected chi connectivity index (χ0v) is 16.5. The number of aliphatic hydroxyl groups excluding tert-OH is 1. The fourth-order valence-corrected chi connectivity index (χ4v) is 5.52. The van der Waals surface area contributed by atoms with Gasteiger partial charge in [-0.2, -0.15) is 0 Å². The molecule has 1 aromatic carbocycles. The second kappa shape index (κ2) is 7.56. The van der Waals surface area contributed by atoms with Crippen molar-refractivity contribution in [2.45, 2.75) is 37.1 Å². The molecule has 5 heteroatoms. The minimum Gasteiger partial charge on any atom is -0.392 e. The lowest BCUT2D eigenvalue weighted by molar-refractivity contribution is -0.116. The molecule has 5 nitrogen and oxygen atoms in total. The smallest absolute Gasteiger partial charge is 0.0682 e. The van der Waals surface area contributed by atoms with Crippen molar-refractivity contribution in [1.29, 1.82) is 0 Å². The molecule has 4 heterocycles. The first-order valence-electron chi connectivity index (χ1n) is 10.5. The highest BCUT2D eigenvalue weighted by atomic mass is 16.3. The molecule has 2 unspecified atom stereocenters. The van der Waals surface area contributed by atoms with Gasteiger partial charge in [0.2, 0.25) is 0 Å². The number of piperazine rings is 1. The van der Waals surface area contributed by atoms with E-state index in [1.165, 1.54) is 5.56 Å². The first-order chi connectivity index (χ1) is 13.7. The molecule has 0 radical (unpaired) electrons. The summed E-state index contributed by atoms with van der Waals surface area (Å²) in [6.45, 7) is 7.23. The average molecular weight is 379 g/mol. The van der Waals surface area contributed by atoms with Crippen LogP contribution in [-0.2, 0) is 13.0 Å². The maximum atomic E-state index is 10.3. The van der Waals surface area contributed by atoms with Crippen molar-refractivity contribution in [1.82, 2.24) is 19.7 Å². The summed E-state index contributed by atoms with van der Waals surface area (Å²) >= 11 is 0. The molecule has 0 amide bonds. The molecule has 0 bridgehead atoms. The number of rotatable bonds is 5. The van der Waals surface area contributed by atoms with Gasteiger partial charge in [-0.3, -0.25) is 19.7 Å². The lowest BCUT2D eigenvalue weighted by Crippen LogP contribution is -2.77. The van der Waals surface area contributed by atoms with Crippen LogP contribution in [0.3, 0.4) is 0 Å². The van der Waals surface area contributed by atoms with Gasteiger partial charge in [-0.05, 0) is 30.5 Å². The summed E-state index contributed by atoms with van der Waals surface area (Å²) in [5.41, 5.74) is 2.76. The third-order valence-corrected chi connectivity index (χ3v) is 6.70. The van der Waals surface area contributed by atoms with Gasteiger partial charge in [0.15, 0.2) is 0 Å². The van der Waals surface area contributed by atoms with E-state index in [1.54, 1.807) is 0 Å². The number of hydrogen-bond donors (Lipinski definition) is 1. The highest BCUT2D eigenvalue weighted by Crippen LogP contribution is 2.39. The minimum absolute atomic E-state index is 0.166. The lowest BCUT2D eigenvalue weighted by Gasteiger charge is -2.61. The monoisotopic (exact) mass is 378 g/mol. The summed E-state index contributed by atoms with van der Waals surface area (Å²) in [6, 6.07) is 17.4. The Balaban J connectivity index is 1.25. The van der Waals surface area contributed by atoms with Crippen molar-refractivity contribution in [3.05, 3.63) is 66.0 Å². The first-order valence-corrected chi connectivity index (χ1v) is 10.5. The third kappa shape index (κ3) is 3.60. The quantitative estimate of drug-likeness (QED) is 0.857. The molecule has 1 N–H and O–H groups in total. The standard InChI is InChI=1S/C23H30N4O/c28-22-12-21-14-25(11-9-19-6-2-1-3-7-19)16-23(27(21)15-22)17-26(18-23)13-20-8-4-5-10-24-20/h1-8,10,21-22,28H,9,11-18H2. The molecule has 2 atom stereocenters. The van der Waals surface area contributed by atoms with Crippen molar-refractivity contribution in [2.24, 2.45) is 0 Å². The van der Waals surface area contributed by atoms with Crippen LogP contribution in [0.1, 0.15) is 17.7 Å². The van der Waals surface area contributed by atoms with Gasteiger partial charge in [0, 0.05) is 58.1 Å². The van der Waals surface area contributed by atoms with E-state index in [2.05, 4.69) is 62.1 Å². The van der Waals surface area contributed by atoms with Crippen molar-refractivity contribution in [3.8, 4) is 0 Å². The SMILES string of the molecule is OC1CC2CN(CCc3ccccc3)CC3(CN(Cc4ccccn4)C3)N2C1. The van der Waals surface area contributed by atoms with Crippen molar-refractivity contribution in [2.75, 3.05) is 39.3 Å². The van der Waals surface area contributed by atoms with Crippen molar-refractivity contribution < 1.29 is 5.11 Å². The van der Waals surface area contributed by atoms with E-state index in [9.17, 15) is 5.11 Å². The number of aliphatic hydroxyl groups is 1. The van der Waals surface area contributed by atoms with Crippen molar-refractivity contribution in [3.63, 3.8) is 0 Å². The van der Waals surface area contributed by atoms with Crippen LogP contribution < -0.4 is 0 Å². The number of nitrogens with zero attached hydrogens (tertiary/aromatic N) is 4. The lowest BCUT2D eigenvalue weighted by atomic mass is 9.83. The van der Waals surface area contributed by atoms with Gasteiger partial charge in [-0.25, -0.2) is 0 Å². The average Bonchev–Trinajstić information content (AvgIpc) is 3.07. The molecule has 1 aromatic heterocycles. The van der Waals surface area contributed by atoms with Crippen LogP contribution in [0.25, 0.3) is 0 Å². The molecule has 3 aliphatic rings. The van der Waals surface area contributed by atoms with Crippen LogP contribution in [0.4, 0.5) is 0 Å². The van der Waals surface area contributed by atoms with Crippen LogP contribution in [0.5, 0.6) is 0 Å². The number of β-amino-alcohol motifs (C(OH)–C–C–N with tert-alkyl or cyclic N) is 1. The molecular formula is C23H30N4O. The Kier molecular flexibility index (Phi) is 4.93. The van der Waals surface area contributed by atoms with E-state index in [1.807, 2.05) is 12.3 Å². The molecule has 3 fully saturated rings. The van der Waals surface area contributed by atoms with Gasteiger partial charge < -0.3 is 5.11 Å². The highest BCUT2D eigenvalue weighted by Gasteiger charge is 2.55. The van der Waals surface area contributed by atoms with Crippen LogP contribution >= 0.6 is 0 Å². The van der Waals surface area contributed by atoms with E-state index in [0.29, 0.717) is 6.04 Å². The molecule has 0 aliphatic carbocycles. The Morgan fingerprint density at radius 1 is 0.964 bits per heavy atom. The molecule has 1 spiro atoms. The summed E-state index contributed by atoms with van der Waals surface area (Å²) in [5.74, 6) is 0. The number of benzene rings is 1. The zero-order chi connectivity index (χ0) is 19.0. The van der Waals surface area contributed by atoms with E-state index in [-0.39, 0.29) is 11.6 Å². The molecule has 5 rings (SSSR count). The maximum Gasteiger partial charge on any atom is 0.0682 e. The summed E-state index contributed by atoms with van der Waals surface area (Å²) in [6.07, 6.45) is 3.73. The van der Waals surface area contributed by atoms with Crippen LogP contribution in [0.2, 0.25) is 0 Å². The normalized spacial score (nSPS) is 27.6. The molecule has 148 valence electrons. The summed E-state index contributed by atoms with van der Waals surface area (Å²) in [5, 5.41) is 10.3. The minimum atomic E-state index is -0.166. The molecule has 2 aromatic rings. The van der Waals surface area contributed by atoms with E-state index in [0.717, 1.165) is 64.3 Å². The van der Waals surface area contributed by atoms with Crippen LogP contribution in [0, 0.1) is 0 Å². The molecule has 3 saturated heterocycles. The van der Waals surface area contributed by atoms with Gasteiger partial charge in [0.1, 0.15) is 0 Å². The Labute approximate surface area is 167 Å². The largest absolute Gasteiger partial charge is 0.392 e. The number of likely N-dealkylation sites (tertiary alicyclic amines) is 1. The first kappa shape index (κ1) is 18.3. The number of pyridine rings is 1. The third-order valence-electron chi connectivity index (χ3n) is 6.70. The van der Waals surface area contributed by atoms with Gasteiger partial charge in [0.25, 0.3) is 0 Å². The summed E-state index contributed by atoms with van der Waals surface area (Å²) in [7, 11) is 0. The molecule has 28 heavy (non-hydrogen) atoms. The second-order valence-electron chi connectivity index (χ2n) is 8.86. The van der Waals surface area contributed by atoms with Gasteiger partial charge >= 0.3 is 0 Å². The Morgan fingerprint density at radius 3 is 2.54 bits per heavy atom. The van der Waals surface area contributed by atoms with Gasteiger partial charge in [-0.1, -0.05) is 36.4 Å². The number of hydrogen-bond acceptors (Lipinski definition) is 5. The summed E-state index contributed by atoms with van der Waals surface area (Å²) < 4.78 is 0. The Bertz CT molecular complexity index is 778. The van der Waals surface area contributed by atoms with Crippen LogP contribution in [0.15, 0.2) is 54.7 Å². The Hall–Kier alpha value is -1.79. The topological polar surface area (TPSA) is 42.8 Å². The molecule has 3 aliphatic heterocycles. The van der Waals surface area contributed by atoms with E-state index < -0.39 is 0 Å². The number of fused-ring (bicyclic) bond motifs is 2. The maximum absolute atomic E-state index is 10.3. The predicted molar refractivity (Wildman–Crippen MR) is 110 cm³/mol. The Morgan fingerprint density at radius 2 is 1.75 bits per heavy atom. The van der Waals surface area contributed by atoms with Gasteiger partial charge in [0.05, 0.1) is 17.3 Å². The van der Waals surface area contributed by atoms with Crippen molar-refractivity contribution >= 4 is 0 Å². The fourth-order valence-electron chi connectivity index (χ4n) is 5.52. The zero-order valence-electron chi connectivity index (χ0n) is 16.5. The predicted octanol–water partition coefficient (Wildman–Crippen LogP) is 1.63. The molecular weight excluding hydrogens is 348 g/mol. The fraction of sp³-hybridized carbons (Fsp3) is 0.522. The second-order valence-corrected chi connectivity index (χ2v) is 8.86. The van der Waals surface area contributed by atoms with E-state index in [4.69, 9.17) is 0 Å². The van der Waals surface area contributed by atoms with E-state index >= 15 is 0 Å². The van der Waals surface area contributed by atoms with Crippen LogP contribution in [-0.4, -0.2) is 81.7 Å². The molecule has 0 saturated carbocycles.